The maximum Gasteiger partial charge on any atom is 0.0545 e. The molecule has 3 nitrogen and oxygen atoms in total. The van der Waals surface area contributed by atoms with E-state index in [4.69, 9.17) is 5.73 Å². The lowest BCUT2D eigenvalue weighted by molar-refractivity contribution is 0.780. The summed E-state index contributed by atoms with van der Waals surface area (Å²) in [5, 5.41) is 3.03. The van der Waals surface area contributed by atoms with Crippen molar-refractivity contribution in [2.24, 2.45) is 5.73 Å². The van der Waals surface area contributed by atoms with E-state index < -0.39 is 0 Å². The van der Waals surface area contributed by atoms with Crippen LogP contribution in [0.5, 0.6) is 0 Å². The molecule has 0 amide bonds. The van der Waals surface area contributed by atoms with E-state index in [1.54, 1.807) is 0 Å². The molecule has 3 heteroatoms. The monoisotopic (exact) mass is 151 g/mol. The van der Waals surface area contributed by atoms with Crippen molar-refractivity contribution in [2.45, 2.75) is 13.1 Å². The molecule has 11 heavy (non-hydrogen) atoms. The van der Waals surface area contributed by atoms with Gasteiger partial charge in [-0.2, -0.15) is 0 Å². The van der Waals surface area contributed by atoms with Gasteiger partial charge in [0.05, 0.1) is 11.4 Å². The third-order valence-corrected chi connectivity index (χ3v) is 1.43. The maximum absolute atomic E-state index is 5.43. The lowest BCUT2D eigenvalue weighted by Gasteiger charge is -2.00. The van der Waals surface area contributed by atoms with E-state index >= 15 is 0 Å². The van der Waals surface area contributed by atoms with Crippen molar-refractivity contribution in [3.8, 4) is 0 Å². The van der Waals surface area contributed by atoms with Crippen LogP contribution in [-0.2, 0) is 13.1 Å². The number of pyridine rings is 1. The summed E-state index contributed by atoms with van der Waals surface area (Å²) in [5.74, 6) is 0. The fourth-order valence-corrected chi connectivity index (χ4v) is 0.923. The van der Waals surface area contributed by atoms with E-state index in [9.17, 15) is 0 Å². The summed E-state index contributed by atoms with van der Waals surface area (Å²) in [5.41, 5.74) is 7.41. The van der Waals surface area contributed by atoms with E-state index in [2.05, 4.69) is 10.3 Å². The quantitative estimate of drug-likeness (QED) is 0.651. The summed E-state index contributed by atoms with van der Waals surface area (Å²) in [6.07, 6.45) is 0. The fraction of sp³-hybridized carbons (Fsp3) is 0.375. The van der Waals surface area contributed by atoms with Crippen LogP contribution in [0.3, 0.4) is 0 Å². The first-order chi connectivity index (χ1) is 5.36. The Labute approximate surface area is 66.6 Å². The molecule has 1 aromatic rings. The molecule has 1 rings (SSSR count). The number of nitrogens with zero attached hydrogens (tertiary/aromatic N) is 1. The van der Waals surface area contributed by atoms with E-state index in [1.165, 1.54) is 0 Å². The minimum Gasteiger partial charge on any atom is -0.325 e. The van der Waals surface area contributed by atoms with Crippen LogP contribution >= 0.6 is 0 Å². The second-order valence-corrected chi connectivity index (χ2v) is 2.35. The topological polar surface area (TPSA) is 50.9 Å². The Bertz CT molecular complexity index is 222. The minimum atomic E-state index is 0.511. The Balaban J connectivity index is 2.74. The van der Waals surface area contributed by atoms with Gasteiger partial charge in [0.25, 0.3) is 0 Å². The molecule has 0 aromatic carbocycles. The highest BCUT2D eigenvalue weighted by molar-refractivity contribution is 5.10. The standard InChI is InChI=1S/C8H13N3/c1-10-6-8-4-2-3-7(5-9)11-8/h2-4,10H,5-6,9H2,1H3. The van der Waals surface area contributed by atoms with E-state index in [0.29, 0.717) is 6.54 Å². The van der Waals surface area contributed by atoms with Crippen molar-refractivity contribution < 1.29 is 0 Å². The average molecular weight is 151 g/mol. The van der Waals surface area contributed by atoms with E-state index in [-0.39, 0.29) is 0 Å². The Kier molecular flexibility index (Phi) is 3.01. The van der Waals surface area contributed by atoms with Gasteiger partial charge in [-0.1, -0.05) is 6.07 Å². The molecule has 0 aliphatic heterocycles. The molecule has 0 spiro atoms. The molecule has 60 valence electrons. The van der Waals surface area contributed by atoms with Crippen LogP contribution in [0, 0.1) is 0 Å². The number of nitrogens with one attached hydrogen (secondary N) is 1. The van der Waals surface area contributed by atoms with Gasteiger partial charge >= 0.3 is 0 Å². The van der Waals surface area contributed by atoms with Crippen LogP contribution in [0.25, 0.3) is 0 Å². The van der Waals surface area contributed by atoms with Crippen molar-refractivity contribution >= 4 is 0 Å². The summed E-state index contributed by atoms with van der Waals surface area (Å²) in [6, 6.07) is 5.89. The molecular weight excluding hydrogens is 138 g/mol. The Hall–Kier alpha value is -0.930. The molecule has 1 heterocycles. The first-order valence-corrected chi connectivity index (χ1v) is 3.66. The summed E-state index contributed by atoms with van der Waals surface area (Å²) in [6.45, 7) is 1.31. The van der Waals surface area contributed by atoms with Crippen LogP contribution in [0.2, 0.25) is 0 Å². The largest absolute Gasteiger partial charge is 0.325 e. The lowest BCUT2D eigenvalue weighted by Crippen LogP contribution is -2.09. The summed E-state index contributed by atoms with van der Waals surface area (Å²) < 4.78 is 0. The maximum atomic E-state index is 5.43. The third-order valence-electron chi connectivity index (χ3n) is 1.43. The highest BCUT2D eigenvalue weighted by Crippen LogP contribution is 1.97. The van der Waals surface area contributed by atoms with Gasteiger partial charge in [-0.15, -0.1) is 0 Å². The van der Waals surface area contributed by atoms with Gasteiger partial charge in [0.1, 0.15) is 0 Å². The third kappa shape index (κ3) is 2.29. The normalized spacial score (nSPS) is 10.0. The van der Waals surface area contributed by atoms with Gasteiger partial charge in [-0.3, -0.25) is 4.98 Å². The van der Waals surface area contributed by atoms with Gasteiger partial charge in [0.2, 0.25) is 0 Å². The van der Waals surface area contributed by atoms with Gasteiger partial charge in [-0.05, 0) is 19.2 Å². The van der Waals surface area contributed by atoms with Gasteiger partial charge in [0.15, 0.2) is 0 Å². The number of aromatic nitrogens is 1. The van der Waals surface area contributed by atoms with Crippen molar-refractivity contribution in [3.05, 3.63) is 29.6 Å². The van der Waals surface area contributed by atoms with Crippen LogP contribution < -0.4 is 11.1 Å². The summed E-state index contributed by atoms with van der Waals surface area (Å²) in [7, 11) is 1.90. The number of nitrogens with two attached hydrogens (primary N) is 1. The number of rotatable bonds is 3. The van der Waals surface area contributed by atoms with E-state index in [1.807, 2.05) is 25.2 Å². The zero-order valence-corrected chi connectivity index (χ0v) is 6.67. The van der Waals surface area contributed by atoms with Crippen LogP contribution in [-0.4, -0.2) is 12.0 Å². The SMILES string of the molecule is CNCc1cccc(CN)n1. The summed E-state index contributed by atoms with van der Waals surface area (Å²) >= 11 is 0. The van der Waals surface area contributed by atoms with Crippen molar-refractivity contribution in [1.82, 2.24) is 10.3 Å². The molecule has 0 unspecified atom stereocenters. The van der Waals surface area contributed by atoms with Crippen LogP contribution in [0.4, 0.5) is 0 Å². The van der Waals surface area contributed by atoms with Crippen molar-refractivity contribution in [3.63, 3.8) is 0 Å². The molecule has 0 saturated heterocycles. The number of hydrogen-bond acceptors (Lipinski definition) is 3. The first kappa shape index (κ1) is 8.17. The first-order valence-electron chi connectivity index (χ1n) is 3.66. The predicted molar refractivity (Wildman–Crippen MR) is 44.9 cm³/mol. The van der Waals surface area contributed by atoms with Crippen LogP contribution in [0.1, 0.15) is 11.4 Å². The highest BCUT2D eigenvalue weighted by Gasteiger charge is 1.93. The van der Waals surface area contributed by atoms with Gasteiger partial charge < -0.3 is 11.1 Å². The average Bonchev–Trinajstić information content (AvgIpc) is 2.06. The molecule has 0 aliphatic rings. The zero-order chi connectivity index (χ0) is 8.10. The van der Waals surface area contributed by atoms with Crippen molar-refractivity contribution in [2.75, 3.05) is 7.05 Å². The molecule has 1 aromatic heterocycles. The fourth-order valence-electron chi connectivity index (χ4n) is 0.923. The Morgan fingerprint density at radius 2 is 2.18 bits per heavy atom. The van der Waals surface area contributed by atoms with E-state index in [0.717, 1.165) is 17.9 Å². The molecule has 0 aliphatic carbocycles. The smallest absolute Gasteiger partial charge is 0.0545 e. The number of hydrogen-bond donors (Lipinski definition) is 2. The minimum absolute atomic E-state index is 0.511. The molecular formula is C8H13N3. The molecule has 0 fully saturated rings. The lowest BCUT2D eigenvalue weighted by atomic mass is 10.3. The zero-order valence-electron chi connectivity index (χ0n) is 6.67. The van der Waals surface area contributed by atoms with Crippen LogP contribution in [0.15, 0.2) is 18.2 Å². The van der Waals surface area contributed by atoms with Gasteiger partial charge in [-0.25, -0.2) is 0 Å². The molecule has 0 atom stereocenters. The molecule has 0 radical (unpaired) electrons. The molecule has 0 bridgehead atoms. The van der Waals surface area contributed by atoms with Gasteiger partial charge in [0, 0.05) is 13.1 Å². The summed E-state index contributed by atoms with van der Waals surface area (Å²) in [4.78, 5) is 4.29. The Morgan fingerprint density at radius 3 is 2.82 bits per heavy atom. The highest BCUT2D eigenvalue weighted by atomic mass is 14.9. The second-order valence-electron chi connectivity index (χ2n) is 2.35. The molecule has 0 saturated carbocycles. The van der Waals surface area contributed by atoms with Crippen molar-refractivity contribution in [1.29, 1.82) is 0 Å². The molecule has 3 N–H and O–H groups in total. The Morgan fingerprint density at radius 1 is 1.45 bits per heavy atom. The second kappa shape index (κ2) is 4.05. The predicted octanol–water partition coefficient (Wildman–Crippen LogP) is 0.260.